The number of hydrogen-bond donors (Lipinski definition) is 1. The van der Waals surface area contributed by atoms with Gasteiger partial charge in [-0.15, -0.1) is 0 Å². The number of nitrogens with two attached hydrogens (primary N) is 1. The minimum Gasteiger partial charge on any atom is -0.322 e. The van der Waals surface area contributed by atoms with Gasteiger partial charge in [0.15, 0.2) is 0 Å². The van der Waals surface area contributed by atoms with Crippen molar-refractivity contribution in [2.45, 2.75) is 51.6 Å². The molecule has 0 amide bonds. The van der Waals surface area contributed by atoms with Crippen molar-refractivity contribution < 1.29 is 0 Å². The standard InChI is InChI=1S/C15H25N3/c1-4-15(3,18-9-5-6-10-18)14(16)13-8-7-12(2)17-11-13/h7-8,11,14H,4-6,9-10,16H2,1-3H3. The summed E-state index contributed by atoms with van der Waals surface area (Å²) < 4.78 is 0. The predicted octanol–water partition coefficient (Wildman–Crippen LogP) is 2.65. The Morgan fingerprint density at radius 1 is 1.39 bits per heavy atom. The first kappa shape index (κ1) is 13.5. The summed E-state index contributed by atoms with van der Waals surface area (Å²) in [5, 5.41) is 0. The zero-order valence-electron chi connectivity index (χ0n) is 11.8. The summed E-state index contributed by atoms with van der Waals surface area (Å²) in [6.07, 6.45) is 5.61. The Labute approximate surface area is 110 Å². The van der Waals surface area contributed by atoms with Crippen LogP contribution in [0.1, 0.15) is 50.4 Å². The summed E-state index contributed by atoms with van der Waals surface area (Å²) in [5.74, 6) is 0. The summed E-state index contributed by atoms with van der Waals surface area (Å²) in [6.45, 7) is 8.89. The van der Waals surface area contributed by atoms with Gasteiger partial charge >= 0.3 is 0 Å². The second-order valence-corrected chi connectivity index (χ2v) is 5.62. The Hall–Kier alpha value is -0.930. The van der Waals surface area contributed by atoms with Crippen LogP contribution in [0.5, 0.6) is 0 Å². The van der Waals surface area contributed by atoms with Gasteiger partial charge in [-0.25, -0.2) is 0 Å². The van der Waals surface area contributed by atoms with Gasteiger partial charge in [0, 0.05) is 23.5 Å². The molecule has 3 heteroatoms. The molecule has 2 heterocycles. The van der Waals surface area contributed by atoms with Gasteiger partial charge in [0.25, 0.3) is 0 Å². The highest BCUT2D eigenvalue weighted by Gasteiger charge is 2.38. The second kappa shape index (κ2) is 5.37. The van der Waals surface area contributed by atoms with Crippen molar-refractivity contribution >= 4 is 0 Å². The van der Waals surface area contributed by atoms with Crippen molar-refractivity contribution in [3.8, 4) is 0 Å². The maximum Gasteiger partial charge on any atom is 0.0494 e. The first-order valence-electron chi connectivity index (χ1n) is 7.01. The molecule has 0 radical (unpaired) electrons. The topological polar surface area (TPSA) is 42.1 Å². The molecular weight excluding hydrogens is 222 g/mol. The number of aryl methyl sites for hydroxylation is 1. The van der Waals surface area contributed by atoms with Crippen LogP contribution in [0.3, 0.4) is 0 Å². The van der Waals surface area contributed by atoms with Crippen LogP contribution in [-0.2, 0) is 0 Å². The van der Waals surface area contributed by atoms with Crippen molar-refractivity contribution in [2.75, 3.05) is 13.1 Å². The van der Waals surface area contributed by atoms with Gasteiger partial charge in [-0.2, -0.15) is 0 Å². The van der Waals surface area contributed by atoms with Crippen LogP contribution in [0.25, 0.3) is 0 Å². The molecule has 1 fully saturated rings. The molecule has 1 aliphatic rings. The fourth-order valence-corrected chi connectivity index (χ4v) is 2.89. The molecule has 2 atom stereocenters. The van der Waals surface area contributed by atoms with E-state index >= 15 is 0 Å². The van der Waals surface area contributed by atoms with Crippen LogP contribution in [0, 0.1) is 6.92 Å². The van der Waals surface area contributed by atoms with E-state index in [1.54, 1.807) is 0 Å². The number of nitrogens with zero attached hydrogens (tertiary/aromatic N) is 2. The molecule has 1 saturated heterocycles. The predicted molar refractivity (Wildman–Crippen MR) is 75.4 cm³/mol. The first-order chi connectivity index (χ1) is 8.58. The van der Waals surface area contributed by atoms with Gasteiger partial charge in [0.1, 0.15) is 0 Å². The molecule has 1 aliphatic heterocycles. The lowest BCUT2D eigenvalue weighted by atomic mass is 9.84. The van der Waals surface area contributed by atoms with E-state index in [0.29, 0.717) is 0 Å². The van der Waals surface area contributed by atoms with Crippen molar-refractivity contribution in [3.63, 3.8) is 0 Å². The molecule has 2 N–H and O–H groups in total. The van der Waals surface area contributed by atoms with Crippen molar-refractivity contribution in [1.29, 1.82) is 0 Å². The SMILES string of the molecule is CCC(C)(C(N)c1ccc(C)nc1)N1CCCC1. The molecule has 0 saturated carbocycles. The maximum atomic E-state index is 6.53. The first-order valence-corrected chi connectivity index (χ1v) is 7.01. The van der Waals surface area contributed by atoms with Crippen LogP contribution < -0.4 is 5.73 Å². The smallest absolute Gasteiger partial charge is 0.0494 e. The Bertz CT molecular complexity index is 381. The van der Waals surface area contributed by atoms with Gasteiger partial charge in [0.2, 0.25) is 0 Å². The van der Waals surface area contributed by atoms with E-state index in [1.807, 2.05) is 13.1 Å². The monoisotopic (exact) mass is 247 g/mol. The van der Waals surface area contributed by atoms with Crippen LogP contribution in [0.15, 0.2) is 18.3 Å². The molecule has 2 unspecified atom stereocenters. The largest absolute Gasteiger partial charge is 0.322 e. The lowest BCUT2D eigenvalue weighted by molar-refractivity contribution is 0.0999. The van der Waals surface area contributed by atoms with Gasteiger partial charge in [-0.05, 0) is 57.8 Å². The summed E-state index contributed by atoms with van der Waals surface area (Å²) in [7, 11) is 0. The Balaban J connectivity index is 2.23. The molecule has 18 heavy (non-hydrogen) atoms. The van der Waals surface area contributed by atoms with Crippen LogP contribution in [-0.4, -0.2) is 28.5 Å². The molecule has 3 nitrogen and oxygen atoms in total. The van der Waals surface area contributed by atoms with E-state index in [-0.39, 0.29) is 11.6 Å². The highest BCUT2D eigenvalue weighted by atomic mass is 15.2. The van der Waals surface area contributed by atoms with Gasteiger partial charge < -0.3 is 5.73 Å². The highest BCUT2D eigenvalue weighted by Crippen LogP contribution is 2.34. The van der Waals surface area contributed by atoms with Crippen molar-refractivity contribution in [2.24, 2.45) is 5.73 Å². The van der Waals surface area contributed by atoms with Crippen molar-refractivity contribution in [3.05, 3.63) is 29.6 Å². The lowest BCUT2D eigenvalue weighted by Gasteiger charge is -2.43. The van der Waals surface area contributed by atoms with Gasteiger partial charge in [0.05, 0.1) is 0 Å². The molecule has 2 rings (SSSR count). The molecule has 0 bridgehead atoms. The average Bonchev–Trinajstić information content (AvgIpc) is 2.92. The molecular formula is C15H25N3. The average molecular weight is 247 g/mol. The minimum atomic E-state index is 0.0358. The molecule has 0 aliphatic carbocycles. The Morgan fingerprint density at radius 2 is 2.06 bits per heavy atom. The number of likely N-dealkylation sites (tertiary alicyclic amines) is 1. The lowest BCUT2D eigenvalue weighted by Crippen LogP contribution is -2.51. The molecule has 0 spiro atoms. The number of hydrogen-bond acceptors (Lipinski definition) is 3. The third kappa shape index (κ3) is 2.43. The number of aromatic nitrogens is 1. The molecule has 1 aromatic rings. The van der Waals surface area contributed by atoms with E-state index in [1.165, 1.54) is 25.9 Å². The fourth-order valence-electron chi connectivity index (χ4n) is 2.89. The van der Waals surface area contributed by atoms with E-state index in [9.17, 15) is 0 Å². The van der Waals surface area contributed by atoms with E-state index in [0.717, 1.165) is 17.7 Å². The normalized spacial score (nSPS) is 21.8. The summed E-state index contributed by atoms with van der Waals surface area (Å²) in [6, 6.07) is 4.21. The highest BCUT2D eigenvalue weighted by molar-refractivity contribution is 5.21. The number of pyridine rings is 1. The maximum absolute atomic E-state index is 6.53. The van der Waals surface area contributed by atoms with Gasteiger partial charge in [-0.3, -0.25) is 9.88 Å². The Kier molecular flexibility index (Phi) is 4.03. The second-order valence-electron chi connectivity index (χ2n) is 5.62. The van der Waals surface area contributed by atoms with Gasteiger partial charge in [-0.1, -0.05) is 13.0 Å². The third-order valence-corrected chi connectivity index (χ3v) is 4.51. The number of rotatable bonds is 4. The Morgan fingerprint density at radius 3 is 2.56 bits per heavy atom. The quantitative estimate of drug-likeness (QED) is 0.889. The van der Waals surface area contributed by atoms with Crippen molar-refractivity contribution in [1.82, 2.24) is 9.88 Å². The fraction of sp³-hybridized carbons (Fsp3) is 0.667. The van der Waals surface area contributed by atoms with E-state index in [2.05, 4.69) is 35.9 Å². The molecule has 1 aromatic heterocycles. The van der Waals surface area contributed by atoms with Crippen LogP contribution >= 0.6 is 0 Å². The third-order valence-electron chi connectivity index (χ3n) is 4.51. The molecule has 100 valence electrons. The van der Waals surface area contributed by atoms with Crippen LogP contribution in [0.4, 0.5) is 0 Å². The summed E-state index contributed by atoms with van der Waals surface area (Å²) in [4.78, 5) is 6.93. The zero-order chi connectivity index (χ0) is 13.2. The van der Waals surface area contributed by atoms with E-state index in [4.69, 9.17) is 5.73 Å². The minimum absolute atomic E-state index is 0.0358. The van der Waals surface area contributed by atoms with E-state index < -0.39 is 0 Å². The zero-order valence-corrected chi connectivity index (χ0v) is 11.8. The molecule has 0 aromatic carbocycles. The van der Waals surface area contributed by atoms with Crippen LogP contribution in [0.2, 0.25) is 0 Å². The summed E-state index contributed by atoms with van der Waals surface area (Å²) in [5.41, 5.74) is 8.78. The summed E-state index contributed by atoms with van der Waals surface area (Å²) >= 11 is 0.